The van der Waals surface area contributed by atoms with Crippen LogP contribution >= 0.6 is 0 Å². The van der Waals surface area contributed by atoms with E-state index < -0.39 is 23.5 Å². The summed E-state index contributed by atoms with van der Waals surface area (Å²) in [6.07, 6.45) is 1.41. The molecule has 7 heteroatoms. The molecular formula is C10H17N3O4. The fraction of sp³-hybridized carbons (Fsp3) is 0.700. The summed E-state index contributed by atoms with van der Waals surface area (Å²) in [6.45, 7) is 0. The second kappa shape index (κ2) is 5.13. The molecule has 0 heterocycles. The Labute approximate surface area is 98.7 Å². The van der Waals surface area contributed by atoms with Crippen LogP contribution in [0.2, 0.25) is 0 Å². The summed E-state index contributed by atoms with van der Waals surface area (Å²) in [5, 5.41) is 13.7. The molecule has 1 saturated carbocycles. The molecule has 2 amide bonds. The standard InChI is InChI=1S/C10H17N3O4/c1-12-8(15)5-10(2-3-10)13-7(14)4-6(11)9(16)17/h6H,2-5,11H2,1H3,(H,12,15)(H,13,14)(H,16,17)/t6-/m0/s1. The lowest BCUT2D eigenvalue weighted by atomic mass is 10.1. The molecule has 7 nitrogen and oxygen atoms in total. The predicted molar refractivity (Wildman–Crippen MR) is 59.0 cm³/mol. The van der Waals surface area contributed by atoms with Crippen LogP contribution in [0.3, 0.4) is 0 Å². The Hall–Kier alpha value is -1.63. The van der Waals surface area contributed by atoms with Crippen LogP contribution in [0.4, 0.5) is 0 Å². The van der Waals surface area contributed by atoms with Crippen LogP contribution in [0.15, 0.2) is 0 Å². The Morgan fingerprint density at radius 2 is 1.94 bits per heavy atom. The molecule has 0 spiro atoms. The summed E-state index contributed by atoms with van der Waals surface area (Å²) in [4.78, 5) is 33.2. The maximum Gasteiger partial charge on any atom is 0.321 e. The Balaban J connectivity index is 2.41. The first-order valence-electron chi connectivity index (χ1n) is 5.38. The van der Waals surface area contributed by atoms with Crippen molar-refractivity contribution in [2.75, 3.05) is 7.05 Å². The molecule has 0 saturated heterocycles. The van der Waals surface area contributed by atoms with E-state index in [0.717, 1.165) is 12.8 Å². The summed E-state index contributed by atoms with van der Waals surface area (Å²) in [5.74, 6) is -1.79. The lowest BCUT2D eigenvalue weighted by Crippen LogP contribution is -2.44. The van der Waals surface area contributed by atoms with Gasteiger partial charge in [0.1, 0.15) is 6.04 Å². The minimum atomic E-state index is -1.21. The first kappa shape index (κ1) is 13.4. The quantitative estimate of drug-likeness (QED) is 0.456. The van der Waals surface area contributed by atoms with E-state index in [1.807, 2.05) is 0 Å². The molecule has 1 atom stereocenters. The summed E-state index contributed by atoms with van der Waals surface area (Å²) >= 11 is 0. The van der Waals surface area contributed by atoms with E-state index in [4.69, 9.17) is 10.8 Å². The molecule has 1 aliphatic rings. The summed E-state index contributed by atoms with van der Waals surface area (Å²) in [6, 6.07) is -1.20. The van der Waals surface area contributed by atoms with Gasteiger partial charge < -0.3 is 21.5 Å². The van der Waals surface area contributed by atoms with E-state index in [2.05, 4.69) is 10.6 Å². The highest BCUT2D eigenvalue weighted by atomic mass is 16.4. The topological polar surface area (TPSA) is 122 Å². The summed E-state index contributed by atoms with van der Waals surface area (Å²) in [7, 11) is 1.53. The third-order valence-corrected chi connectivity index (χ3v) is 2.76. The Morgan fingerprint density at radius 1 is 1.35 bits per heavy atom. The van der Waals surface area contributed by atoms with Gasteiger partial charge >= 0.3 is 5.97 Å². The molecule has 0 unspecified atom stereocenters. The monoisotopic (exact) mass is 243 g/mol. The van der Waals surface area contributed by atoms with Crippen molar-refractivity contribution < 1.29 is 19.5 Å². The molecular weight excluding hydrogens is 226 g/mol. The number of aliphatic carboxylic acids is 1. The van der Waals surface area contributed by atoms with Gasteiger partial charge in [0.2, 0.25) is 11.8 Å². The smallest absolute Gasteiger partial charge is 0.321 e. The minimum absolute atomic E-state index is 0.148. The van der Waals surface area contributed by atoms with E-state index >= 15 is 0 Å². The lowest BCUT2D eigenvalue weighted by Gasteiger charge is -2.17. The van der Waals surface area contributed by atoms with Crippen LogP contribution in [0.5, 0.6) is 0 Å². The Kier molecular flexibility index (Phi) is 4.06. The largest absolute Gasteiger partial charge is 0.480 e. The number of carboxylic acids is 1. The van der Waals surface area contributed by atoms with E-state index in [1.165, 1.54) is 7.05 Å². The number of nitrogens with two attached hydrogens (primary N) is 1. The maximum atomic E-state index is 11.5. The second-order valence-corrected chi connectivity index (χ2v) is 4.33. The SMILES string of the molecule is CNC(=O)CC1(NC(=O)C[C@H](N)C(=O)O)CC1. The van der Waals surface area contributed by atoms with Crippen LogP contribution in [-0.2, 0) is 14.4 Å². The molecule has 0 aliphatic heterocycles. The van der Waals surface area contributed by atoms with Crippen molar-refractivity contribution in [2.45, 2.75) is 37.3 Å². The van der Waals surface area contributed by atoms with Gasteiger partial charge in [0.15, 0.2) is 0 Å². The first-order valence-corrected chi connectivity index (χ1v) is 5.38. The van der Waals surface area contributed by atoms with Gasteiger partial charge in [0.05, 0.1) is 6.42 Å². The molecule has 1 rings (SSSR count). The normalized spacial score (nSPS) is 18.0. The van der Waals surface area contributed by atoms with Gasteiger partial charge in [-0.2, -0.15) is 0 Å². The van der Waals surface area contributed by atoms with Crippen molar-refractivity contribution >= 4 is 17.8 Å². The number of nitrogens with one attached hydrogen (secondary N) is 2. The van der Waals surface area contributed by atoms with Crippen LogP contribution in [0, 0.1) is 0 Å². The minimum Gasteiger partial charge on any atom is -0.480 e. The van der Waals surface area contributed by atoms with Gasteiger partial charge in [-0.25, -0.2) is 0 Å². The lowest BCUT2D eigenvalue weighted by molar-refractivity contribution is -0.140. The molecule has 0 bridgehead atoms. The summed E-state index contributed by atoms with van der Waals surface area (Å²) < 4.78 is 0. The predicted octanol–water partition coefficient (Wildman–Crippen LogP) is -1.43. The van der Waals surface area contributed by atoms with Crippen molar-refractivity contribution in [1.82, 2.24) is 10.6 Å². The zero-order chi connectivity index (χ0) is 13.1. The number of hydrogen-bond donors (Lipinski definition) is 4. The molecule has 0 aromatic rings. The average molecular weight is 243 g/mol. The highest BCUT2D eigenvalue weighted by Crippen LogP contribution is 2.38. The van der Waals surface area contributed by atoms with Crippen LogP contribution < -0.4 is 16.4 Å². The number of carboxylic acid groups (broad SMARTS) is 1. The number of hydrogen-bond acceptors (Lipinski definition) is 4. The van der Waals surface area contributed by atoms with Crippen molar-refractivity contribution in [3.8, 4) is 0 Å². The average Bonchev–Trinajstić information content (AvgIpc) is 2.96. The van der Waals surface area contributed by atoms with Gasteiger partial charge in [0.25, 0.3) is 0 Å². The fourth-order valence-electron chi connectivity index (χ4n) is 1.53. The Morgan fingerprint density at radius 3 is 2.35 bits per heavy atom. The van der Waals surface area contributed by atoms with E-state index in [0.29, 0.717) is 0 Å². The molecule has 1 fully saturated rings. The van der Waals surface area contributed by atoms with E-state index in [-0.39, 0.29) is 18.7 Å². The highest BCUT2D eigenvalue weighted by molar-refractivity contribution is 5.86. The number of carbonyl (C=O) groups excluding carboxylic acids is 2. The van der Waals surface area contributed by atoms with Gasteiger partial charge in [-0.1, -0.05) is 0 Å². The van der Waals surface area contributed by atoms with Gasteiger partial charge in [-0.05, 0) is 12.8 Å². The first-order chi connectivity index (χ1) is 7.88. The van der Waals surface area contributed by atoms with Crippen LogP contribution in [0.25, 0.3) is 0 Å². The number of carbonyl (C=O) groups is 3. The van der Waals surface area contributed by atoms with Crippen molar-refractivity contribution in [2.24, 2.45) is 5.73 Å². The second-order valence-electron chi connectivity index (χ2n) is 4.33. The zero-order valence-corrected chi connectivity index (χ0v) is 9.66. The van der Waals surface area contributed by atoms with Gasteiger partial charge in [-0.15, -0.1) is 0 Å². The summed E-state index contributed by atoms with van der Waals surface area (Å²) in [5.41, 5.74) is 4.75. The molecule has 0 aromatic heterocycles. The van der Waals surface area contributed by atoms with Crippen LogP contribution in [0.1, 0.15) is 25.7 Å². The van der Waals surface area contributed by atoms with E-state index in [1.54, 1.807) is 0 Å². The molecule has 0 radical (unpaired) electrons. The fourth-order valence-corrected chi connectivity index (χ4v) is 1.53. The molecule has 17 heavy (non-hydrogen) atoms. The molecule has 0 aromatic carbocycles. The van der Waals surface area contributed by atoms with Crippen molar-refractivity contribution in [3.05, 3.63) is 0 Å². The van der Waals surface area contributed by atoms with E-state index in [9.17, 15) is 14.4 Å². The van der Waals surface area contributed by atoms with Crippen molar-refractivity contribution in [3.63, 3.8) is 0 Å². The van der Waals surface area contributed by atoms with Gasteiger partial charge in [-0.3, -0.25) is 14.4 Å². The molecule has 5 N–H and O–H groups in total. The van der Waals surface area contributed by atoms with Crippen molar-refractivity contribution in [1.29, 1.82) is 0 Å². The zero-order valence-electron chi connectivity index (χ0n) is 9.66. The number of amides is 2. The highest BCUT2D eigenvalue weighted by Gasteiger charge is 2.45. The third kappa shape index (κ3) is 4.03. The van der Waals surface area contributed by atoms with Crippen LogP contribution in [-0.4, -0.2) is 41.5 Å². The van der Waals surface area contributed by atoms with Gasteiger partial charge in [0, 0.05) is 19.0 Å². The number of rotatable bonds is 6. The third-order valence-electron chi connectivity index (χ3n) is 2.76. The Bertz CT molecular complexity index is 338. The molecule has 1 aliphatic carbocycles. The maximum absolute atomic E-state index is 11.5. The molecule has 96 valence electrons.